The van der Waals surface area contributed by atoms with Crippen LogP contribution in [0.2, 0.25) is 0 Å². The maximum Gasteiger partial charge on any atom is 0.306 e. The lowest BCUT2D eigenvalue weighted by molar-refractivity contribution is -0.870. The van der Waals surface area contributed by atoms with Crippen molar-refractivity contribution in [3.63, 3.8) is 0 Å². The Bertz CT molecular complexity index is 2050. The van der Waals surface area contributed by atoms with Crippen LogP contribution in [0.4, 0.5) is 0 Å². The van der Waals surface area contributed by atoms with E-state index in [2.05, 4.69) is 148 Å². The molecule has 94 heavy (non-hydrogen) atoms. The number of carbonyl (C=O) groups is 2. The summed E-state index contributed by atoms with van der Waals surface area (Å²) < 4.78 is 34.4. The fourth-order valence-electron chi connectivity index (χ4n) is 10.8. The van der Waals surface area contributed by atoms with E-state index in [-0.39, 0.29) is 32.0 Å². The van der Waals surface area contributed by atoms with Crippen LogP contribution in [-0.2, 0) is 32.7 Å². The molecule has 0 aliphatic carbocycles. The van der Waals surface area contributed by atoms with Gasteiger partial charge in [-0.15, -0.1) is 0 Å². The summed E-state index contributed by atoms with van der Waals surface area (Å²) in [5.74, 6) is -0.826. The Hall–Kier alpha value is -3.85. The summed E-state index contributed by atoms with van der Waals surface area (Å²) in [6.45, 7) is 4.04. The molecule has 0 spiro atoms. The SMILES string of the molecule is CC/C=C\C/C=C\C/C=C\C/C=C\C/C=C\C/C=C\CCCCCCCCCCCCCCCCCCCCCCCCC(=O)OC(COC(=O)CCCCCCCCCCCCCCC/C=C\C/C=C\C/C=C\C/C=C\C/C=C\CC)COP(=O)([O-])OCC[N+](C)(C)C. The zero-order chi connectivity index (χ0) is 68.3. The number of phosphoric ester groups is 1. The molecule has 540 valence electrons. The number of rotatable bonds is 71. The third kappa shape index (κ3) is 77.2. The average Bonchev–Trinajstić information content (AvgIpc) is 1.57. The Morgan fingerprint density at radius 1 is 0.330 bits per heavy atom. The Kier molecular flexibility index (Phi) is 70.4. The molecule has 2 unspecified atom stereocenters. The molecule has 0 fully saturated rings. The number of ether oxygens (including phenoxy) is 2. The van der Waals surface area contributed by atoms with Crippen LogP contribution in [0, 0.1) is 0 Å². The summed E-state index contributed by atoms with van der Waals surface area (Å²) in [7, 11) is 1.17. The summed E-state index contributed by atoms with van der Waals surface area (Å²) in [4.78, 5) is 38.2. The third-order valence-electron chi connectivity index (χ3n) is 16.7. The topological polar surface area (TPSA) is 111 Å². The normalized spacial score (nSPS) is 13.8. The molecule has 0 rings (SSSR count). The van der Waals surface area contributed by atoms with Gasteiger partial charge in [-0.3, -0.25) is 14.2 Å². The quantitative estimate of drug-likeness (QED) is 0.0195. The van der Waals surface area contributed by atoms with Gasteiger partial charge in [0.15, 0.2) is 6.10 Å². The second-order valence-corrected chi connectivity index (χ2v) is 28.4. The summed E-state index contributed by atoms with van der Waals surface area (Å²) in [5.41, 5.74) is 0. The number of hydrogen-bond acceptors (Lipinski definition) is 8. The molecule has 0 saturated carbocycles. The Balaban J connectivity index is 3.96. The second-order valence-electron chi connectivity index (χ2n) is 27.0. The molecule has 0 aromatic heterocycles. The zero-order valence-corrected chi connectivity index (χ0v) is 62.5. The molecule has 9 nitrogen and oxygen atoms in total. The highest BCUT2D eigenvalue weighted by atomic mass is 31.2. The van der Waals surface area contributed by atoms with Gasteiger partial charge >= 0.3 is 11.9 Å². The van der Waals surface area contributed by atoms with Gasteiger partial charge in [0, 0.05) is 12.8 Å². The maximum absolute atomic E-state index is 12.9. The smallest absolute Gasteiger partial charge is 0.306 e. The molecule has 0 amide bonds. The van der Waals surface area contributed by atoms with Crippen LogP contribution >= 0.6 is 7.82 Å². The number of likely N-dealkylation sites (N-methyl/N-ethyl adjacent to an activating group) is 1. The monoisotopic (exact) mass is 1330 g/mol. The minimum Gasteiger partial charge on any atom is -0.756 e. The van der Waals surface area contributed by atoms with E-state index in [1.54, 1.807) is 0 Å². The molecule has 0 aromatic carbocycles. The molecule has 2 atom stereocenters. The lowest BCUT2D eigenvalue weighted by atomic mass is 10.0. The molecule has 0 aromatic rings. The number of esters is 2. The molecule has 0 N–H and O–H groups in total. The first-order valence-corrected chi connectivity index (χ1v) is 40.4. The van der Waals surface area contributed by atoms with Crippen LogP contribution in [0.15, 0.2) is 134 Å². The van der Waals surface area contributed by atoms with Crippen molar-refractivity contribution < 1.29 is 42.1 Å². The minimum atomic E-state index is -4.65. The second kappa shape index (κ2) is 73.4. The zero-order valence-electron chi connectivity index (χ0n) is 61.6. The van der Waals surface area contributed by atoms with Gasteiger partial charge in [0.05, 0.1) is 27.7 Å². The summed E-state index contributed by atoms with van der Waals surface area (Å²) in [6.07, 6.45) is 107. The van der Waals surface area contributed by atoms with E-state index >= 15 is 0 Å². The molecule has 0 aliphatic heterocycles. The molecule has 0 saturated heterocycles. The lowest BCUT2D eigenvalue weighted by Gasteiger charge is -2.28. The Morgan fingerprint density at radius 3 is 0.851 bits per heavy atom. The van der Waals surface area contributed by atoms with Crippen molar-refractivity contribution in [2.24, 2.45) is 0 Å². The van der Waals surface area contributed by atoms with E-state index in [0.29, 0.717) is 17.4 Å². The van der Waals surface area contributed by atoms with Gasteiger partial charge in [-0.05, 0) is 109 Å². The fourth-order valence-corrected chi connectivity index (χ4v) is 11.5. The van der Waals surface area contributed by atoms with Crippen molar-refractivity contribution in [2.75, 3.05) is 47.5 Å². The van der Waals surface area contributed by atoms with Crippen LogP contribution in [0.1, 0.15) is 335 Å². The Morgan fingerprint density at radius 2 is 0.574 bits per heavy atom. The van der Waals surface area contributed by atoms with Gasteiger partial charge in [0.25, 0.3) is 7.82 Å². The summed E-state index contributed by atoms with van der Waals surface area (Å²) >= 11 is 0. The number of nitrogens with zero attached hydrogens (tertiary/aromatic N) is 1. The van der Waals surface area contributed by atoms with E-state index < -0.39 is 26.5 Å². The highest BCUT2D eigenvalue weighted by molar-refractivity contribution is 7.45. The predicted octanol–water partition coefficient (Wildman–Crippen LogP) is 25.3. The molecule has 10 heteroatoms. The number of allylic oxidation sites excluding steroid dienone is 22. The standard InChI is InChI=1S/C84H146NO8P/c1-6-8-10-12-14-16-18-20-22-24-26-28-30-32-34-36-37-38-39-40-41-42-43-44-45-46-47-49-51-53-55-57-59-61-63-65-67-69-71-73-75-77-84(87)93-82(81-92-94(88,89)91-79-78-85(3,4)5)80-90-83(86)76-74-72-70-68-66-64-62-60-58-56-54-52-50-48-35-33-31-29-27-25-23-21-19-17-15-13-11-9-7-2/h8-11,14-17,20-23,26-29,32-35,37-38,82H,6-7,12-13,18-19,24-25,30-31,36,39-81H2,1-5H3/b10-8-,11-9-,16-14-,17-15-,22-20-,23-21-,28-26-,29-27-,34-32-,35-33-,38-37-. The van der Waals surface area contributed by atoms with Crippen LogP contribution in [0.3, 0.4) is 0 Å². The van der Waals surface area contributed by atoms with Crippen molar-refractivity contribution >= 4 is 19.8 Å². The Labute approximate surface area is 581 Å². The third-order valence-corrected chi connectivity index (χ3v) is 17.6. The van der Waals surface area contributed by atoms with Gasteiger partial charge in [-0.2, -0.15) is 0 Å². The van der Waals surface area contributed by atoms with Gasteiger partial charge in [0.2, 0.25) is 0 Å². The maximum atomic E-state index is 12.9. The number of unbranched alkanes of at least 4 members (excludes halogenated alkanes) is 35. The average molecular weight is 1330 g/mol. The van der Waals surface area contributed by atoms with Crippen LogP contribution < -0.4 is 4.89 Å². The number of phosphoric acid groups is 1. The van der Waals surface area contributed by atoms with Crippen LogP contribution in [0.5, 0.6) is 0 Å². The molecule has 0 radical (unpaired) electrons. The molecular weight excluding hydrogens is 1180 g/mol. The minimum absolute atomic E-state index is 0.0337. The van der Waals surface area contributed by atoms with Crippen molar-refractivity contribution in [1.82, 2.24) is 0 Å². The summed E-state index contributed by atoms with van der Waals surface area (Å²) in [6, 6.07) is 0. The number of hydrogen-bond donors (Lipinski definition) is 0. The van der Waals surface area contributed by atoms with Crippen LogP contribution in [-0.4, -0.2) is 70.0 Å². The highest BCUT2D eigenvalue weighted by Crippen LogP contribution is 2.38. The lowest BCUT2D eigenvalue weighted by Crippen LogP contribution is -2.37. The first kappa shape index (κ1) is 90.2. The highest BCUT2D eigenvalue weighted by Gasteiger charge is 2.22. The molecular formula is C84H146NO8P. The summed E-state index contributed by atoms with van der Waals surface area (Å²) in [5, 5.41) is 0. The fraction of sp³-hybridized carbons (Fsp3) is 0.714. The van der Waals surface area contributed by atoms with E-state index in [1.165, 1.54) is 193 Å². The van der Waals surface area contributed by atoms with Crippen molar-refractivity contribution in [2.45, 2.75) is 341 Å². The van der Waals surface area contributed by atoms with Gasteiger partial charge in [0.1, 0.15) is 19.8 Å². The van der Waals surface area contributed by atoms with Crippen molar-refractivity contribution in [1.29, 1.82) is 0 Å². The first-order chi connectivity index (χ1) is 46.0. The molecule has 0 bridgehead atoms. The number of carbonyl (C=O) groups excluding carboxylic acids is 2. The first-order valence-electron chi connectivity index (χ1n) is 38.9. The van der Waals surface area contributed by atoms with E-state index in [1.807, 2.05) is 21.1 Å². The van der Waals surface area contributed by atoms with E-state index in [4.69, 9.17) is 18.5 Å². The van der Waals surface area contributed by atoms with Gasteiger partial charge < -0.3 is 27.9 Å². The molecule has 0 heterocycles. The van der Waals surface area contributed by atoms with Crippen LogP contribution in [0.25, 0.3) is 0 Å². The van der Waals surface area contributed by atoms with E-state index in [9.17, 15) is 19.0 Å². The van der Waals surface area contributed by atoms with Crippen molar-refractivity contribution in [3.05, 3.63) is 134 Å². The van der Waals surface area contributed by atoms with Crippen molar-refractivity contribution in [3.8, 4) is 0 Å². The molecule has 0 aliphatic rings. The van der Waals surface area contributed by atoms with E-state index in [0.717, 1.165) is 109 Å². The number of quaternary nitrogens is 1. The largest absolute Gasteiger partial charge is 0.756 e. The van der Waals surface area contributed by atoms with Gasteiger partial charge in [-0.1, -0.05) is 347 Å². The predicted molar refractivity (Wildman–Crippen MR) is 406 cm³/mol. The van der Waals surface area contributed by atoms with Gasteiger partial charge in [-0.25, -0.2) is 0 Å².